The number of halogens is 2. The van der Waals surface area contributed by atoms with Crippen molar-refractivity contribution >= 4 is 46.4 Å². The fourth-order valence-electron chi connectivity index (χ4n) is 2.61. The number of rotatable bonds is 3. The van der Waals surface area contributed by atoms with E-state index >= 15 is 0 Å². The van der Waals surface area contributed by atoms with Crippen LogP contribution in [0, 0.1) is 5.92 Å². The smallest absolute Gasteiger partial charge is 0.239 e. The Morgan fingerprint density at radius 1 is 1.13 bits per heavy atom. The van der Waals surface area contributed by atoms with Crippen molar-refractivity contribution in [3.8, 4) is 0 Å². The molecule has 0 saturated carbocycles. The number of para-hydroxylation sites is 1. The Morgan fingerprint density at radius 3 is 2.65 bits per heavy atom. The number of nitrogens with one attached hydrogen (secondary N) is 1. The van der Waals surface area contributed by atoms with E-state index in [-0.39, 0.29) is 11.8 Å². The number of nitrogens with zero attached hydrogens (tertiary/aromatic N) is 1. The molecule has 23 heavy (non-hydrogen) atoms. The van der Waals surface area contributed by atoms with Gasteiger partial charge in [0.25, 0.3) is 0 Å². The summed E-state index contributed by atoms with van der Waals surface area (Å²) in [5, 5.41) is 3.72. The van der Waals surface area contributed by atoms with E-state index in [0.29, 0.717) is 34.4 Å². The van der Waals surface area contributed by atoms with Crippen molar-refractivity contribution in [3.63, 3.8) is 0 Å². The zero-order chi connectivity index (χ0) is 16.4. The lowest BCUT2D eigenvalue weighted by Gasteiger charge is -2.17. The first-order chi connectivity index (χ1) is 11.1. The van der Waals surface area contributed by atoms with Crippen molar-refractivity contribution in [2.75, 3.05) is 16.8 Å². The highest BCUT2D eigenvalue weighted by Gasteiger charge is 2.37. The number of carbonyl (C=O) groups excluding carboxylic acids is 2. The van der Waals surface area contributed by atoms with Crippen LogP contribution in [-0.2, 0) is 9.59 Å². The molecule has 0 aromatic heterocycles. The second-order valence-corrected chi connectivity index (χ2v) is 6.12. The largest absolute Gasteiger partial charge is 0.324 e. The first kappa shape index (κ1) is 15.8. The van der Waals surface area contributed by atoms with Crippen molar-refractivity contribution in [3.05, 3.63) is 58.6 Å². The van der Waals surface area contributed by atoms with Gasteiger partial charge in [-0.25, -0.2) is 0 Å². The van der Waals surface area contributed by atoms with E-state index in [1.807, 2.05) is 0 Å². The molecule has 1 saturated heterocycles. The van der Waals surface area contributed by atoms with Gasteiger partial charge in [-0.1, -0.05) is 41.4 Å². The molecule has 1 aliphatic heterocycles. The van der Waals surface area contributed by atoms with Crippen LogP contribution in [0.1, 0.15) is 6.42 Å². The van der Waals surface area contributed by atoms with Gasteiger partial charge in [0.05, 0.1) is 10.7 Å². The van der Waals surface area contributed by atoms with Gasteiger partial charge in [-0.3, -0.25) is 9.59 Å². The molecule has 2 amide bonds. The predicted molar refractivity (Wildman–Crippen MR) is 92.0 cm³/mol. The molecule has 1 N–H and O–H groups in total. The van der Waals surface area contributed by atoms with Crippen LogP contribution in [-0.4, -0.2) is 18.4 Å². The molecule has 1 heterocycles. The maximum atomic E-state index is 12.5. The number of benzene rings is 2. The molecule has 0 bridgehead atoms. The number of carbonyl (C=O) groups is 2. The van der Waals surface area contributed by atoms with E-state index in [1.54, 1.807) is 53.4 Å². The van der Waals surface area contributed by atoms with Crippen LogP contribution in [0.15, 0.2) is 48.5 Å². The summed E-state index contributed by atoms with van der Waals surface area (Å²) in [4.78, 5) is 26.5. The molecular formula is C17H14Cl2N2O2. The van der Waals surface area contributed by atoms with Crippen LogP contribution in [0.25, 0.3) is 0 Å². The molecule has 1 atom stereocenters. The SMILES string of the molecule is O=C(Nc1ccccc1Cl)[C@H]1CCN(c2cccc(Cl)c2)C1=O. The average Bonchev–Trinajstić information content (AvgIpc) is 2.91. The summed E-state index contributed by atoms with van der Waals surface area (Å²) in [6.07, 6.45) is 0.460. The summed E-state index contributed by atoms with van der Waals surface area (Å²) in [7, 11) is 0. The number of amides is 2. The topological polar surface area (TPSA) is 49.4 Å². The zero-order valence-electron chi connectivity index (χ0n) is 12.1. The van der Waals surface area contributed by atoms with Gasteiger partial charge in [-0.2, -0.15) is 0 Å². The molecular weight excluding hydrogens is 335 g/mol. The molecule has 2 aromatic rings. The monoisotopic (exact) mass is 348 g/mol. The van der Waals surface area contributed by atoms with E-state index in [4.69, 9.17) is 23.2 Å². The van der Waals surface area contributed by atoms with Crippen LogP contribution in [0.2, 0.25) is 10.0 Å². The molecule has 0 spiro atoms. The van der Waals surface area contributed by atoms with Crippen molar-refractivity contribution in [1.82, 2.24) is 0 Å². The standard InChI is InChI=1S/C17H14Cl2N2O2/c18-11-4-3-5-12(10-11)21-9-8-13(17(21)23)16(22)20-15-7-2-1-6-14(15)19/h1-7,10,13H,8-9H2,(H,20,22)/t13-/m1/s1. The van der Waals surface area contributed by atoms with Crippen LogP contribution >= 0.6 is 23.2 Å². The minimum absolute atomic E-state index is 0.225. The minimum Gasteiger partial charge on any atom is -0.324 e. The summed E-state index contributed by atoms with van der Waals surface area (Å²) in [6.45, 7) is 0.486. The van der Waals surface area contributed by atoms with Crippen LogP contribution < -0.4 is 10.2 Å². The number of hydrogen-bond acceptors (Lipinski definition) is 2. The van der Waals surface area contributed by atoms with Crippen LogP contribution in [0.5, 0.6) is 0 Å². The zero-order valence-corrected chi connectivity index (χ0v) is 13.6. The number of anilines is 2. The molecule has 118 valence electrons. The third-order valence-electron chi connectivity index (χ3n) is 3.77. The highest BCUT2D eigenvalue weighted by molar-refractivity contribution is 6.34. The lowest BCUT2D eigenvalue weighted by molar-refractivity contribution is -0.129. The minimum atomic E-state index is -0.717. The molecule has 0 radical (unpaired) electrons. The van der Waals surface area contributed by atoms with E-state index < -0.39 is 5.92 Å². The van der Waals surface area contributed by atoms with Gasteiger partial charge >= 0.3 is 0 Å². The average molecular weight is 349 g/mol. The van der Waals surface area contributed by atoms with Crippen LogP contribution in [0.4, 0.5) is 11.4 Å². The Labute approximate surface area is 144 Å². The molecule has 1 aliphatic rings. The molecule has 0 unspecified atom stereocenters. The van der Waals surface area contributed by atoms with E-state index in [2.05, 4.69) is 5.32 Å². The second kappa shape index (κ2) is 6.60. The summed E-state index contributed by atoms with van der Waals surface area (Å²) >= 11 is 12.0. The molecule has 6 heteroatoms. The van der Waals surface area contributed by atoms with Crippen molar-refractivity contribution in [2.24, 2.45) is 5.92 Å². The van der Waals surface area contributed by atoms with E-state index in [0.717, 1.165) is 0 Å². The quantitative estimate of drug-likeness (QED) is 0.852. The van der Waals surface area contributed by atoms with Crippen molar-refractivity contribution < 1.29 is 9.59 Å². The lowest BCUT2D eigenvalue weighted by Crippen LogP contribution is -2.33. The maximum absolute atomic E-state index is 12.5. The van der Waals surface area contributed by atoms with Crippen molar-refractivity contribution in [2.45, 2.75) is 6.42 Å². The first-order valence-corrected chi connectivity index (χ1v) is 7.94. The molecule has 4 nitrogen and oxygen atoms in total. The fraction of sp³-hybridized carbons (Fsp3) is 0.176. The van der Waals surface area contributed by atoms with Gasteiger partial charge in [0.15, 0.2) is 0 Å². The summed E-state index contributed by atoms with van der Waals surface area (Å²) in [6, 6.07) is 14.0. The summed E-state index contributed by atoms with van der Waals surface area (Å²) in [5.41, 5.74) is 1.21. The maximum Gasteiger partial charge on any atom is 0.239 e. The van der Waals surface area contributed by atoms with Gasteiger partial charge in [0.2, 0.25) is 11.8 Å². The van der Waals surface area contributed by atoms with Gasteiger partial charge in [0, 0.05) is 17.3 Å². The van der Waals surface area contributed by atoms with E-state index in [9.17, 15) is 9.59 Å². The highest BCUT2D eigenvalue weighted by atomic mass is 35.5. The highest BCUT2D eigenvalue weighted by Crippen LogP contribution is 2.29. The van der Waals surface area contributed by atoms with Gasteiger partial charge < -0.3 is 10.2 Å². The lowest BCUT2D eigenvalue weighted by atomic mass is 10.1. The van der Waals surface area contributed by atoms with Crippen LogP contribution in [0.3, 0.4) is 0 Å². The first-order valence-electron chi connectivity index (χ1n) is 7.18. The third-order valence-corrected chi connectivity index (χ3v) is 4.34. The summed E-state index contributed by atoms with van der Waals surface area (Å²) < 4.78 is 0. The van der Waals surface area contributed by atoms with Gasteiger partial charge in [-0.15, -0.1) is 0 Å². The van der Waals surface area contributed by atoms with Gasteiger partial charge in [0.1, 0.15) is 5.92 Å². The normalized spacial score (nSPS) is 17.4. The van der Waals surface area contributed by atoms with Gasteiger partial charge in [-0.05, 0) is 36.8 Å². The Hall–Kier alpha value is -2.04. The second-order valence-electron chi connectivity index (χ2n) is 5.28. The Morgan fingerprint density at radius 2 is 1.91 bits per heavy atom. The predicted octanol–water partition coefficient (Wildman–Crippen LogP) is 3.99. The Balaban J connectivity index is 1.74. The number of hydrogen-bond donors (Lipinski definition) is 1. The van der Waals surface area contributed by atoms with Crippen molar-refractivity contribution in [1.29, 1.82) is 0 Å². The fourth-order valence-corrected chi connectivity index (χ4v) is 2.97. The third kappa shape index (κ3) is 3.33. The Bertz CT molecular complexity index is 764. The summed E-state index contributed by atoms with van der Waals surface area (Å²) in [5.74, 6) is -1.28. The molecule has 3 rings (SSSR count). The molecule has 1 fully saturated rings. The molecule has 2 aromatic carbocycles. The van der Waals surface area contributed by atoms with E-state index in [1.165, 1.54) is 0 Å². The Kier molecular flexibility index (Phi) is 4.55. The molecule has 0 aliphatic carbocycles.